The topological polar surface area (TPSA) is 105 Å². The predicted molar refractivity (Wildman–Crippen MR) is 80.4 cm³/mol. The normalized spacial score (nSPS) is 24.5. The van der Waals surface area contributed by atoms with Crippen LogP contribution in [0.25, 0.3) is 0 Å². The van der Waals surface area contributed by atoms with Gasteiger partial charge in [0.05, 0.1) is 19.1 Å². The van der Waals surface area contributed by atoms with Gasteiger partial charge in [0.25, 0.3) is 0 Å². The highest BCUT2D eigenvalue weighted by atomic mass is 32.2. The van der Waals surface area contributed by atoms with E-state index in [1.165, 1.54) is 0 Å². The van der Waals surface area contributed by atoms with Gasteiger partial charge in [0, 0.05) is 12.2 Å². The summed E-state index contributed by atoms with van der Waals surface area (Å²) in [6.07, 6.45) is 1.42. The molecule has 2 rings (SSSR count). The lowest BCUT2D eigenvalue weighted by Gasteiger charge is -2.47. The lowest BCUT2D eigenvalue weighted by atomic mass is 10.1. The first-order chi connectivity index (χ1) is 9.87. The molecule has 1 spiro atoms. The molecule has 0 saturated carbocycles. The zero-order valence-electron chi connectivity index (χ0n) is 12.3. The Kier molecular flexibility index (Phi) is 4.77. The van der Waals surface area contributed by atoms with Crippen LogP contribution in [0.3, 0.4) is 0 Å². The lowest BCUT2D eigenvalue weighted by molar-refractivity contribution is -0.137. The van der Waals surface area contributed by atoms with E-state index < -0.39 is 11.9 Å². The third-order valence-corrected chi connectivity index (χ3v) is 5.20. The zero-order chi connectivity index (χ0) is 15.6. The molecule has 0 aliphatic carbocycles. The smallest absolute Gasteiger partial charge is 0.239 e. The summed E-state index contributed by atoms with van der Waals surface area (Å²) in [6.45, 7) is 4.81. The molecule has 1 unspecified atom stereocenters. The van der Waals surface area contributed by atoms with E-state index in [9.17, 15) is 14.4 Å². The number of primary amides is 1. The first kappa shape index (κ1) is 16.1. The van der Waals surface area contributed by atoms with Crippen molar-refractivity contribution in [2.45, 2.75) is 43.6 Å². The van der Waals surface area contributed by atoms with Gasteiger partial charge in [0.2, 0.25) is 17.7 Å². The molecule has 118 valence electrons. The molecular weight excluding hydrogens is 292 g/mol. The van der Waals surface area contributed by atoms with Crippen LogP contribution >= 0.6 is 11.8 Å². The molecule has 21 heavy (non-hydrogen) atoms. The van der Waals surface area contributed by atoms with Crippen molar-refractivity contribution in [3.8, 4) is 0 Å². The zero-order valence-corrected chi connectivity index (χ0v) is 13.2. The number of likely N-dealkylation sites (tertiary alicyclic amines) is 1. The third kappa shape index (κ3) is 3.49. The van der Waals surface area contributed by atoms with Crippen molar-refractivity contribution in [3.63, 3.8) is 0 Å². The van der Waals surface area contributed by atoms with Crippen molar-refractivity contribution in [2.75, 3.05) is 18.8 Å². The number of carbonyl (C=O) groups excluding carboxylic acids is 3. The third-order valence-electron chi connectivity index (χ3n) is 3.77. The second-order valence-electron chi connectivity index (χ2n) is 5.63. The number of hydrogen-bond acceptors (Lipinski definition) is 5. The molecular formula is C13H22N4O3S. The van der Waals surface area contributed by atoms with E-state index in [0.29, 0.717) is 25.3 Å². The van der Waals surface area contributed by atoms with Gasteiger partial charge in [-0.1, -0.05) is 6.92 Å². The summed E-state index contributed by atoms with van der Waals surface area (Å²) in [4.78, 5) is 36.4. The van der Waals surface area contributed by atoms with E-state index in [0.717, 1.165) is 6.42 Å². The summed E-state index contributed by atoms with van der Waals surface area (Å²) >= 11 is 1.66. The van der Waals surface area contributed by atoms with Crippen LogP contribution in [-0.2, 0) is 14.4 Å². The fourth-order valence-corrected chi connectivity index (χ4v) is 3.91. The van der Waals surface area contributed by atoms with Crippen molar-refractivity contribution in [2.24, 2.45) is 5.73 Å². The van der Waals surface area contributed by atoms with E-state index in [1.54, 1.807) is 18.7 Å². The first-order valence-corrected chi connectivity index (χ1v) is 8.14. The maximum absolute atomic E-state index is 12.0. The summed E-state index contributed by atoms with van der Waals surface area (Å²) in [5.74, 6) is 0.0288. The van der Waals surface area contributed by atoms with Crippen LogP contribution in [0.4, 0.5) is 0 Å². The van der Waals surface area contributed by atoms with E-state index in [2.05, 4.69) is 10.6 Å². The average molecular weight is 314 g/mol. The molecule has 2 atom stereocenters. The number of nitrogens with one attached hydrogen (secondary N) is 2. The van der Waals surface area contributed by atoms with Crippen LogP contribution in [0.5, 0.6) is 0 Å². The van der Waals surface area contributed by atoms with Gasteiger partial charge in [-0.3, -0.25) is 19.7 Å². The Morgan fingerprint density at radius 1 is 1.48 bits per heavy atom. The van der Waals surface area contributed by atoms with Gasteiger partial charge in [0.15, 0.2) is 0 Å². The Morgan fingerprint density at radius 2 is 2.14 bits per heavy atom. The van der Waals surface area contributed by atoms with Crippen LogP contribution in [-0.4, -0.2) is 58.4 Å². The number of amides is 3. The molecule has 0 aromatic rings. The Hall–Kier alpha value is -1.28. The Labute approximate surface area is 128 Å². The Morgan fingerprint density at radius 3 is 2.71 bits per heavy atom. The highest BCUT2D eigenvalue weighted by molar-refractivity contribution is 8.01. The molecule has 0 aromatic heterocycles. The van der Waals surface area contributed by atoms with Gasteiger partial charge in [-0.15, -0.1) is 11.8 Å². The van der Waals surface area contributed by atoms with Crippen LogP contribution in [0.15, 0.2) is 0 Å². The fourth-order valence-electron chi connectivity index (χ4n) is 2.47. The summed E-state index contributed by atoms with van der Waals surface area (Å²) in [5, 5.41) is 5.87. The minimum absolute atomic E-state index is 0.167. The summed E-state index contributed by atoms with van der Waals surface area (Å²) in [5.41, 5.74) is 5.13. The standard InChI is InChI=1S/C13H22N4O3S/c1-3-4-10(18)17-6-13(7-17)16-9(5-21-13)12(20)15-8(2)11(14)19/h8-9,16H,3-7H2,1-2H3,(H2,14,19)(H,15,20)/t8-,9?/m0/s1. The molecule has 0 aromatic carbocycles. The number of hydrogen-bond donors (Lipinski definition) is 3. The molecule has 4 N–H and O–H groups in total. The Bertz CT molecular complexity index is 451. The van der Waals surface area contributed by atoms with Crippen LogP contribution in [0.2, 0.25) is 0 Å². The van der Waals surface area contributed by atoms with E-state index in [4.69, 9.17) is 5.73 Å². The van der Waals surface area contributed by atoms with Gasteiger partial charge in [0.1, 0.15) is 10.9 Å². The van der Waals surface area contributed by atoms with Crippen molar-refractivity contribution in [1.82, 2.24) is 15.5 Å². The SMILES string of the molecule is CCCC(=O)N1CC2(C1)NC(C(=O)N[C@@H](C)C(N)=O)CS2. The maximum atomic E-state index is 12.0. The highest BCUT2D eigenvalue weighted by Crippen LogP contribution is 2.38. The number of nitrogens with two attached hydrogens (primary N) is 1. The predicted octanol–water partition coefficient (Wildman–Crippen LogP) is -0.980. The molecule has 0 bridgehead atoms. The summed E-state index contributed by atoms with van der Waals surface area (Å²) in [7, 11) is 0. The van der Waals surface area contributed by atoms with Crippen molar-refractivity contribution >= 4 is 29.5 Å². The molecule has 2 aliphatic rings. The molecule has 8 heteroatoms. The highest BCUT2D eigenvalue weighted by Gasteiger charge is 2.51. The summed E-state index contributed by atoms with van der Waals surface area (Å²) in [6, 6.07) is -1.02. The van der Waals surface area contributed by atoms with Crippen LogP contribution < -0.4 is 16.4 Å². The van der Waals surface area contributed by atoms with Crippen molar-refractivity contribution in [3.05, 3.63) is 0 Å². The molecule has 2 fully saturated rings. The second-order valence-corrected chi connectivity index (χ2v) is 7.04. The van der Waals surface area contributed by atoms with Gasteiger partial charge in [-0.25, -0.2) is 0 Å². The molecule has 2 aliphatic heterocycles. The Balaban J connectivity index is 1.81. The molecule has 0 radical (unpaired) electrons. The van der Waals surface area contributed by atoms with Crippen molar-refractivity contribution in [1.29, 1.82) is 0 Å². The first-order valence-electron chi connectivity index (χ1n) is 7.16. The lowest BCUT2D eigenvalue weighted by Crippen LogP contribution is -2.68. The summed E-state index contributed by atoms with van der Waals surface area (Å²) < 4.78 is 0. The number of rotatable bonds is 5. The molecule has 2 heterocycles. The van der Waals surface area contributed by atoms with Gasteiger partial charge in [-0.2, -0.15) is 0 Å². The number of nitrogens with zero attached hydrogens (tertiary/aromatic N) is 1. The van der Waals surface area contributed by atoms with E-state index >= 15 is 0 Å². The molecule has 2 saturated heterocycles. The maximum Gasteiger partial charge on any atom is 0.239 e. The fraction of sp³-hybridized carbons (Fsp3) is 0.769. The monoisotopic (exact) mass is 314 g/mol. The van der Waals surface area contributed by atoms with E-state index in [1.807, 2.05) is 11.8 Å². The molecule has 3 amide bonds. The molecule has 7 nitrogen and oxygen atoms in total. The van der Waals surface area contributed by atoms with E-state index in [-0.39, 0.29) is 22.7 Å². The average Bonchev–Trinajstić information content (AvgIpc) is 2.82. The van der Waals surface area contributed by atoms with Crippen LogP contribution in [0, 0.1) is 0 Å². The number of carbonyl (C=O) groups is 3. The second kappa shape index (κ2) is 6.23. The minimum Gasteiger partial charge on any atom is -0.368 e. The quantitative estimate of drug-likeness (QED) is 0.605. The van der Waals surface area contributed by atoms with Gasteiger partial charge >= 0.3 is 0 Å². The largest absolute Gasteiger partial charge is 0.368 e. The van der Waals surface area contributed by atoms with Gasteiger partial charge in [-0.05, 0) is 13.3 Å². The number of thioether (sulfide) groups is 1. The van der Waals surface area contributed by atoms with Crippen molar-refractivity contribution < 1.29 is 14.4 Å². The van der Waals surface area contributed by atoms with Gasteiger partial charge < -0.3 is 16.0 Å². The minimum atomic E-state index is -0.676. The van der Waals surface area contributed by atoms with Crippen LogP contribution in [0.1, 0.15) is 26.7 Å².